The third kappa shape index (κ3) is 2.41. The lowest BCUT2D eigenvalue weighted by atomic mass is 10.6. The average Bonchev–Trinajstić information content (AvgIpc) is 1.67. The van der Waals surface area contributed by atoms with Crippen molar-refractivity contribution in [2.45, 2.75) is 0 Å². The monoisotopic (exact) mass is 116 g/mol. The summed E-state index contributed by atoms with van der Waals surface area (Å²) in [5, 5.41) is 6.85. The first-order valence-electron chi connectivity index (χ1n) is 2.43. The Morgan fingerprint density at radius 1 is 1.75 bits per heavy atom. The van der Waals surface area contributed by atoms with Crippen molar-refractivity contribution in [3.05, 3.63) is 0 Å². The molecule has 0 aromatic carbocycles. The molecule has 0 aliphatic heterocycles. The first kappa shape index (κ1) is 7.23. The highest BCUT2D eigenvalue weighted by molar-refractivity contribution is 5.74. The molecule has 0 unspecified atom stereocenters. The third-order valence-corrected chi connectivity index (χ3v) is 0.876. The van der Waals surface area contributed by atoms with Gasteiger partial charge in [0.05, 0.1) is 0 Å². The zero-order valence-corrected chi connectivity index (χ0v) is 5.02. The summed E-state index contributed by atoms with van der Waals surface area (Å²) in [7, 11) is 1.73. The fourth-order valence-corrected chi connectivity index (χ4v) is 0.314. The molecule has 0 saturated carbocycles. The smallest absolute Gasteiger partial charge is 0.188 e. The number of hydrogen-bond acceptors (Lipinski definition) is 2. The minimum Gasteiger partial charge on any atom is -0.370 e. The maximum absolute atomic E-state index is 6.85. The predicted molar refractivity (Wildman–Crippen MR) is 33.6 cm³/mol. The summed E-state index contributed by atoms with van der Waals surface area (Å²) in [5.74, 6) is 0.0652. The number of nitrogens with two attached hydrogens (primary N) is 2. The highest BCUT2D eigenvalue weighted by atomic mass is 15.2. The Morgan fingerprint density at radius 2 is 2.25 bits per heavy atom. The van der Waals surface area contributed by atoms with E-state index < -0.39 is 0 Å². The third-order valence-electron chi connectivity index (χ3n) is 0.876. The van der Waals surface area contributed by atoms with Crippen molar-refractivity contribution in [3.8, 4) is 0 Å². The fourth-order valence-electron chi connectivity index (χ4n) is 0.314. The molecule has 4 nitrogen and oxygen atoms in total. The molecule has 0 rings (SSSR count). The van der Waals surface area contributed by atoms with Crippen molar-refractivity contribution >= 4 is 5.96 Å². The van der Waals surface area contributed by atoms with Gasteiger partial charge in [-0.25, -0.2) is 0 Å². The van der Waals surface area contributed by atoms with Gasteiger partial charge in [-0.05, 0) is 0 Å². The van der Waals surface area contributed by atoms with Crippen molar-refractivity contribution in [1.82, 2.24) is 4.90 Å². The molecule has 0 radical (unpaired) electrons. The van der Waals surface area contributed by atoms with Gasteiger partial charge in [0.2, 0.25) is 0 Å². The van der Waals surface area contributed by atoms with Crippen LogP contribution in [-0.2, 0) is 0 Å². The van der Waals surface area contributed by atoms with Gasteiger partial charge in [0, 0.05) is 20.1 Å². The van der Waals surface area contributed by atoms with Gasteiger partial charge in [0.1, 0.15) is 0 Å². The van der Waals surface area contributed by atoms with Gasteiger partial charge in [-0.15, -0.1) is 0 Å². The van der Waals surface area contributed by atoms with Crippen molar-refractivity contribution in [1.29, 1.82) is 5.41 Å². The van der Waals surface area contributed by atoms with E-state index in [1.54, 1.807) is 11.9 Å². The van der Waals surface area contributed by atoms with Gasteiger partial charge in [-0.2, -0.15) is 0 Å². The van der Waals surface area contributed by atoms with Crippen molar-refractivity contribution in [3.63, 3.8) is 0 Å². The topological polar surface area (TPSA) is 79.1 Å². The Bertz CT molecular complexity index is 80.1. The molecule has 0 aliphatic rings. The van der Waals surface area contributed by atoms with Crippen molar-refractivity contribution in [2.24, 2.45) is 11.5 Å². The van der Waals surface area contributed by atoms with E-state index in [4.69, 9.17) is 16.9 Å². The minimum absolute atomic E-state index is 0.0652. The van der Waals surface area contributed by atoms with E-state index in [9.17, 15) is 0 Å². The lowest BCUT2D eigenvalue weighted by Crippen LogP contribution is -2.36. The first-order chi connectivity index (χ1) is 3.68. The molecular weight excluding hydrogens is 104 g/mol. The summed E-state index contributed by atoms with van der Waals surface area (Å²) in [6, 6.07) is 0. The largest absolute Gasteiger partial charge is 0.370 e. The van der Waals surface area contributed by atoms with E-state index in [0.29, 0.717) is 13.1 Å². The number of nitrogens with one attached hydrogen (secondary N) is 1. The standard InChI is InChI=1S/C4H12N4/c1-8(3-2-5)4(6)7/h2-3,5H2,1H3,(H3,6,7). The Morgan fingerprint density at radius 3 is 2.38 bits per heavy atom. The summed E-state index contributed by atoms with van der Waals surface area (Å²) >= 11 is 0. The highest BCUT2D eigenvalue weighted by Crippen LogP contribution is 1.73. The molecule has 0 bridgehead atoms. The van der Waals surface area contributed by atoms with Crippen LogP contribution in [0.25, 0.3) is 0 Å². The van der Waals surface area contributed by atoms with E-state index in [-0.39, 0.29) is 5.96 Å². The van der Waals surface area contributed by atoms with Gasteiger partial charge >= 0.3 is 0 Å². The van der Waals surface area contributed by atoms with Crippen LogP contribution < -0.4 is 11.5 Å². The molecular formula is C4H12N4. The Hall–Kier alpha value is -0.770. The molecule has 48 valence electrons. The molecule has 0 atom stereocenters. The maximum Gasteiger partial charge on any atom is 0.188 e. The lowest BCUT2D eigenvalue weighted by molar-refractivity contribution is 0.506. The van der Waals surface area contributed by atoms with Gasteiger partial charge in [0.25, 0.3) is 0 Å². The van der Waals surface area contributed by atoms with Crippen LogP contribution in [0, 0.1) is 5.41 Å². The summed E-state index contributed by atoms with van der Waals surface area (Å²) < 4.78 is 0. The van der Waals surface area contributed by atoms with E-state index in [1.807, 2.05) is 0 Å². The van der Waals surface area contributed by atoms with Gasteiger partial charge in [-0.3, -0.25) is 5.41 Å². The fraction of sp³-hybridized carbons (Fsp3) is 0.750. The van der Waals surface area contributed by atoms with Crippen LogP contribution in [0.2, 0.25) is 0 Å². The number of guanidine groups is 1. The molecule has 0 amide bonds. The van der Waals surface area contributed by atoms with Crippen LogP contribution in [0.4, 0.5) is 0 Å². The van der Waals surface area contributed by atoms with E-state index in [2.05, 4.69) is 0 Å². The van der Waals surface area contributed by atoms with E-state index >= 15 is 0 Å². The number of likely N-dealkylation sites (N-methyl/N-ethyl adjacent to an activating group) is 1. The van der Waals surface area contributed by atoms with Gasteiger partial charge < -0.3 is 16.4 Å². The summed E-state index contributed by atoms with van der Waals surface area (Å²) in [4.78, 5) is 1.58. The second-order valence-electron chi connectivity index (χ2n) is 1.60. The van der Waals surface area contributed by atoms with Crippen LogP contribution in [0.3, 0.4) is 0 Å². The van der Waals surface area contributed by atoms with E-state index in [1.165, 1.54) is 0 Å². The normalized spacial score (nSPS) is 8.75. The molecule has 0 aromatic rings. The van der Waals surface area contributed by atoms with Crippen LogP contribution in [0.15, 0.2) is 0 Å². The quantitative estimate of drug-likeness (QED) is 0.312. The summed E-state index contributed by atoms with van der Waals surface area (Å²) in [6.07, 6.45) is 0. The molecule has 0 aliphatic carbocycles. The van der Waals surface area contributed by atoms with Gasteiger partial charge in [0.15, 0.2) is 5.96 Å². The molecule has 0 saturated heterocycles. The highest BCUT2D eigenvalue weighted by Gasteiger charge is 1.93. The Labute approximate surface area is 49.0 Å². The molecule has 5 N–H and O–H groups in total. The summed E-state index contributed by atoms with van der Waals surface area (Å²) in [5.41, 5.74) is 10.2. The van der Waals surface area contributed by atoms with Crippen LogP contribution in [0.1, 0.15) is 0 Å². The number of rotatable bonds is 2. The van der Waals surface area contributed by atoms with Crippen LogP contribution in [-0.4, -0.2) is 31.0 Å². The zero-order valence-electron chi connectivity index (χ0n) is 5.02. The average molecular weight is 116 g/mol. The molecule has 0 spiro atoms. The lowest BCUT2D eigenvalue weighted by Gasteiger charge is -2.13. The molecule has 0 aromatic heterocycles. The maximum atomic E-state index is 6.85. The number of nitrogens with zero attached hydrogens (tertiary/aromatic N) is 1. The zero-order chi connectivity index (χ0) is 6.57. The van der Waals surface area contributed by atoms with Crippen LogP contribution >= 0.6 is 0 Å². The SMILES string of the molecule is CN(CCN)C(=N)N. The molecule has 8 heavy (non-hydrogen) atoms. The Kier molecular flexibility index (Phi) is 2.95. The summed E-state index contributed by atoms with van der Waals surface area (Å²) in [6.45, 7) is 1.19. The van der Waals surface area contributed by atoms with Crippen molar-refractivity contribution in [2.75, 3.05) is 20.1 Å². The molecule has 4 heteroatoms. The predicted octanol–water partition coefficient (Wildman–Crippen LogP) is -1.23. The molecule has 0 heterocycles. The molecule has 0 fully saturated rings. The first-order valence-corrected chi connectivity index (χ1v) is 2.43. The van der Waals surface area contributed by atoms with E-state index in [0.717, 1.165) is 0 Å². The Balaban J connectivity index is 3.32. The van der Waals surface area contributed by atoms with Gasteiger partial charge in [-0.1, -0.05) is 0 Å². The van der Waals surface area contributed by atoms with Crippen LogP contribution in [0.5, 0.6) is 0 Å². The minimum atomic E-state index is 0.0652. The second-order valence-corrected chi connectivity index (χ2v) is 1.60. The second kappa shape index (κ2) is 3.26. The number of hydrogen-bond donors (Lipinski definition) is 3. The van der Waals surface area contributed by atoms with Crippen molar-refractivity contribution < 1.29 is 0 Å².